The standard InChI is InChI=1S/C19H24F2N8O/c1-12-8-13(2)29(26-12)18-24-16(23-14-4-6-19(20,21)7-5-14)9-17(25-18)30-11-15-10-22-27-28(15)3/h8-10,14H,4-7,11H2,1-3H3,(H,23,24,25). The molecule has 0 spiro atoms. The summed E-state index contributed by atoms with van der Waals surface area (Å²) in [5, 5.41) is 15.4. The van der Waals surface area contributed by atoms with Crippen LogP contribution in [0.5, 0.6) is 5.88 Å². The molecule has 1 fully saturated rings. The van der Waals surface area contributed by atoms with Crippen molar-refractivity contribution in [3.63, 3.8) is 0 Å². The third-order valence-corrected chi connectivity index (χ3v) is 5.14. The summed E-state index contributed by atoms with van der Waals surface area (Å²) in [7, 11) is 1.78. The largest absolute Gasteiger partial charge is 0.471 e. The van der Waals surface area contributed by atoms with Gasteiger partial charge in [0.05, 0.1) is 17.6 Å². The molecule has 0 atom stereocenters. The molecule has 0 bridgehead atoms. The van der Waals surface area contributed by atoms with Crippen LogP contribution in [0.2, 0.25) is 0 Å². The highest BCUT2D eigenvalue weighted by molar-refractivity contribution is 5.42. The minimum Gasteiger partial charge on any atom is -0.471 e. The number of halogens is 2. The van der Waals surface area contributed by atoms with E-state index >= 15 is 0 Å². The van der Waals surface area contributed by atoms with E-state index in [-0.39, 0.29) is 25.5 Å². The van der Waals surface area contributed by atoms with Crippen molar-refractivity contribution in [1.82, 2.24) is 34.7 Å². The van der Waals surface area contributed by atoms with Gasteiger partial charge in [0.1, 0.15) is 12.4 Å². The van der Waals surface area contributed by atoms with Crippen LogP contribution >= 0.6 is 0 Å². The van der Waals surface area contributed by atoms with E-state index in [1.807, 2.05) is 19.9 Å². The van der Waals surface area contributed by atoms with Crippen molar-refractivity contribution in [3.05, 3.63) is 35.4 Å². The molecule has 0 unspecified atom stereocenters. The van der Waals surface area contributed by atoms with E-state index in [0.717, 1.165) is 17.1 Å². The van der Waals surface area contributed by atoms with Crippen molar-refractivity contribution in [2.75, 3.05) is 5.32 Å². The molecule has 9 nitrogen and oxygen atoms in total. The van der Waals surface area contributed by atoms with Gasteiger partial charge in [0.15, 0.2) is 0 Å². The number of anilines is 1. The average molecular weight is 418 g/mol. The zero-order valence-electron chi connectivity index (χ0n) is 17.1. The van der Waals surface area contributed by atoms with E-state index < -0.39 is 5.92 Å². The van der Waals surface area contributed by atoms with Crippen LogP contribution in [0.15, 0.2) is 18.3 Å². The summed E-state index contributed by atoms with van der Waals surface area (Å²) >= 11 is 0. The molecular formula is C19H24F2N8O. The molecule has 0 saturated heterocycles. The Balaban J connectivity index is 1.59. The fourth-order valence-corrected chi connectivity index (χ4v) is 3.47. The fourth-order valence-electron chi connectivity index (χ4n) is 3.47. The lowest BCUT2D eigenvalue weighted by Gasteiger charge is -2.29. The van der Waals surface area contributed by atoms with Gasteiger partial charge in [-0.25, -0.2) is 18.1 Å². The lowest BCUT2D eigenvalue weighted by molar-refractivity contribution is -0.0361. The molecule has 0 radical (unpaired) electrons. The van der Waals surface area contributed by atoms with E-state index in [4.69, 9.17) is 4.74 Å². The molecule has 11 heteroatoms. The van der Waals surface area contributed by atoms with Gasteiger partial charge in [-0.2, -0.15) is 15.1 Å². The Hall–Kier alpha value is -3.11. The van der Waals surface area contributed by atoms with Gasteiger partial charge < -0.3 is 10.1 Å². The Bertz CT molecular complexity index is 1020. The Kier molecular flexibility index (Phi) is 5.35. The van der Waals surface area contributed by atoms with Crippen LogP contribution < -0.4 is 10.1 Å². The molecule has 3 aromatic rings. The molecule has 3 heterocycles. The first-order chi connectivity index (χ1) is 14.3. The van der Waals surface area contributed by atoms with Crippen LogP contribution in [-0.2, 0) is 13.7 Å². The first kappa shape index (κ1) is 20.2. The van der Waals surface area contributed by atoms with Gasteiger partial charge in [-0.15, -0.1) is 5.10 Å². The van der Waals surface area contributed by atoms with Crippen LogP contribution in [0.3, 0.4) is 0 Å². The number of ether oxygens (including phenoxy) is 1. The minimum atomic E-state index is -2.58. The monoisotopic (exact) mass is 418 g/mol. The molecule has 4 rings (SSSR count). The molecule has 1 saturated carbocycles. The van der Waals surface area contributed by atoms with E-state index in [0.29, 0.717) is 30.5 Å². The maximum atomic E-state index is 13.5. The maximum absolute atomic E-state index is 13.5. The Morgan fingerprint density at radius 3 is 2.60 bits per heavy atom. The molecule has 1 aliphatic rings. The summed E-state index contributed by atoms with van der Waals surface area (Å²) in [4.78, 5) is 9.03. The van der Waals surface area contributed by atoms with Crippen LogP contribution in [0.1, 0.15) is 42.8 Å². The highest BCUT2D eigenvalue weighted by atomic mass is 19.3. The summed E-state index contributed by atoms with van der Waals surface area (Å²) in [5.41, 5.74) is 2.50. The Morgan fingerprint density at radius 2 is 1.97 bits per heavy atom. The van der Waals surface area contributed by atoms with E-state index in [1.165, 1.54) is 0 Å². The smallest absolute Gasteiger partial charge is 0.256 e. The topological polar surface area (TPSA) is 95.6 Å². The van der Waals surface area contributed by atoms with Gasteiger partial charge in [0, 0.05) is 37.7 Å². The second-order valence-corrected chi connectivity index (χ2v) is 7.64. The van der Waals surface area contributed by atoms with Gasteiger partial charge in [-0.05, 0) is 32.8 Å². The van der Waals surface area contributed by atoms with Crippen molar-refractivity contribution in [1.29, 1.82) is 0 Å². The molecule has 3 aromatic heterocycles. The first-order valence-corrected chi connectivity index (χ1v) is 9.82. The molecule has 1 N–H and O–H groups in total. The summed E-state index contributed by atoms with van der Waals surface area (Å²) in [6, 6.07) is 3.52. The van der Waals surface area contributed by atoms with Gasteiger partial charge in [0.2, 0.25) is 11.8 Å². The molecule has 0 aromatic carbocycles. The Labute approximate surface area is 172 Å². The second-order valence-electron chi connectivity index (χ2n) is 7.64. The lowest BCUT2D eigenvalue weighted by atomic mass is 9.92. The number of hydrogen-bond acceptors (Lipinski definition) is 7. The molecular weight excluding hydrogens is 394 g/mol. The lowest BCUT2D eigenvalue weighted by Crippen LogP contribution is -2.32. The quantitative estimate of drug-likeness (QED) is 0.657. The summed E-state index contributed by atoms with van der Waals surface area (Å²) < 4.78 is 36.1. The van der Waals surface area contributed by atoms with Crippen molar-refractivity contribution >= 4 is 5.82 Å². The highest BCUT2D eigenvalue weighted by Crippen LogP contribution is 2.34. The van der Waals surface area contributed by atoms with E-state index in [9.17, 15) is 8.78 Å². The number of rotatable bonds is 6. The number of alkyl halides is 2. The predicted octanol–water partition coefficient (Wildman–Crippen LogP) is 2.98. The summed E-state index contributed by atoms with van der Waals surface area (Å²) in [6.45, 7) is 4.03. The van der Waals surface area contributed by atoms with Gasteiger partial charge in [-0.1, -0.05) is 5.21 Å². The van der Waals surface area contributed by atoms with Crippen LogP contribution in [-0.4, -0.2) is 46.7 Å². The zero-order valence-corrected chi connectivity index (χ0v) is 17.1. The van der Waals surface area contributed by atoms with Gasteiger partial charge >= 0.3 is 0 Å². The maximum Gasteiger partial charge on any atom is 0.256 e. The second kappa shape index (κ2) is 7.96. The SMILES string of the molecule is Cc1cc(C)n(-c2nc(NC3CCC(F)(F)CC3)cc(OCc3cnnn3C)n2)n1. The number of hydrogen-bond donors (Lipinski definition) is 1. The van der Waals surface area contributed by atoms with E-state index in [1.54, 1.807) is 28.7 Å². The number of nitrogens with one attached hydrogen (secondary N) is 1. The predicted molar refractivity (Wildman–Crippen MR) is 105 cm³/mol. The Morgan fingerprint density at radius 1 is 1.20 bits per heavy atom. The van der Waals surface area contributed by atoms with E-state index in [2.05, 4.69) is 30.7 Å². The molecule has 30 heavy (non-hydrogen) atoms. The zero-order chi connectivity index (χ0) is 21.3. The van der Waals surface area contributed by atoms with Crippen LogP contribution in [0.25, 0.3) is 5.95 Å². The molecule has 0 amide bonds. The van der Waals surface area contributed by atoms with Crippen LogP contribution in [0.4, 0.5) is 14.6 Å². The summed E-state index contributed by atoms with van der Waals surface area (Å²) in [5.74, 6) is -1.37. The number of aromatic nitrogens is 7. The average Bonchev–Trinajstić information content (AvgIpc) is 3.26. The molecule has 160 valence electrons. The number of nitrogens with zero attached hydrogens (tertiary/aromatic N) is 7. The number of aryl methyl sites for hydroxylation is 3. The van der Waals surface area contributed by atoms with Crippen molar-refractivity contribution in [2.45, 2.75) is 58.1 Å². The molecule has 1 aliphatic carbocycles. The third kappa shape index (κ3) is 4.55. The van der Waals surface area contributed by atoms with Crippen molar-refractivity contribution < 1.29 is 13.5 Å². The fraction of sp³-hybridized carbons (Fsp3) is 0.526. The van der Waals surface area contributed by atoms with Crippen molar-refractivity contribution in [2.24, 2.45) is 7.05 Å². The van der Waals surface area contributed by atoms with Gasteiger partial charge in [0.25, 0.3) is 5.95 Å². The van der Waals surface area contributed by atoms with Gasteiger partial charge in [-0.3, -0.25) is 0 Å². The molecule has 0 aliphatic heterocycles. The first-order valence-electron chi connectivity index (χ1n) is 9.82. The normalized spacial score (nSPS) is 16.6. The highest BCUT2D eigenvalue weighted by Gasteiger charge is 2.35. The summed E-state index contributed by atoms with van der Waals surface area (Å²) in [6.07, 6.45) is 2.12. The van der Waals surface area contributed by atoms with Crippen LogP contribution in [0, 0.1) is 13.8 Å². The third-order valence-electron chi connectivity index (χ3n) is 5.14. The minimum absolute atomic E-state index is 0.0815. The van der Waals surface area contributed by atoms with Crippen molar-refractivity contribution in [3.8, 4) is 11.8 Å².